The summed E-state index contributed by atoms with van der Waals surface area (Å²) in [7, 11) is -1.27. The van der Waals surface area contributed by atoms with Gasteiger partial charge in [-0.1, -0.05) is 45.6 Å². The Labute approximate surface area is 254 Å². The summed E-state index contributed by atoms with van der Waals surface area (Å²) in [6.45, 7) is 13.3. The van der Waals surface area contributed by atoms with E-state index >= 15 is 0 Å². The number of carbonyl (C=O) groups excluding carboxylic acids is 1. The van der Waals surface area contributed by atoms with Crippen molar-refractivity contribution in [1.82, 2.24) is 14.5 Å². The number of pyridine rings is 1. The molecule has 0 aromatic carbocycles. The van der Waals surface area contributed by atoms with E-state index in [4.69, 9.17) is 14.5 Å². The molecule has 2 bridgehead atoms. The van der Waals surface area contributed by atoms with E-state index in [9.17, 15) is 14.4 Å². The molecule has 228 valence electrons. The van der Waals surface area contributed by atoms with Gasteiger partial charge in [0.1, 0.15) is 25.1 Å². The van der Waals surface area contributed by atoms with Gasteiger partial charge >= 0.3 is 0 Å². The van der Waals surface area contributed by atoms with E-state index in [2.05, 4.69) is 49.9 Å². The highest BCUT2D eigenvalue weighted by Crippen LogP contribution is 2.46. The maximum atomic E-state index is 14.1. The molecule has 3 aliphatic rings. The fourth-order valence-corrected chi connectivity index (χ4v) is 6.49. The number of fused-ring (bicyclic) bond motifs is 2. The summed E-state index contributed by atoms with van der Waals surface area (Å²) in [5.74, 6) is -0.342. The molecule has 1 aliphatic carbocycles. The van der Waals surface area contributed by atoms with Crippen LogP contribution in [0, 0.1) is 16.7 Å². The summed E-state index contributed by atoms with van der Waals surface area (Å²) < 4.78 is 27.6. The second-order valence-corrected chi connectivity index (χ2v) is 19.8. The molecule has 1 amide bonds. The van der Waals surface area contributed by atoms with Crippen molar-refractivity contribution in [1.29, 1.82) is 5.26 Å². The first-order valence-corrected chi connectivity index (χ1v) is 18.7. The van der Waals surface area contributed by atoms with Crippen LogP contribution in [0.1, 0.15) is 74.2 Å². The van der Waals surface area contributed by atoms with Crippen LogP contribution in [0.25, 0.3) is 11.1 Å². The standard InChI is InChI=1S/C33H42FN5O3Si/c1-31(2)11-9-23(10-12-31)28-27(8-7-26(37-28)24-17-32(3)13-14-33(18-24,21-34)42-32)38-30(40)29-36-25(19-35)20-39(29)22-41-15-16-43(4,5)6/h7-9,13-14,18,20H,10-12,15-17,21-22H2,1-6H3,(H,38,40). The zero-order chi connectivity index (χ0) is 31.0. The normalized spacial score (nSPS) is 24.3. The van der Waals surface area contributed by atoms with Gasteiger partial charge in [0.05, 0.1) is 22.7 Å². The van der Waals surface area contributed by atoms with Gasteiger partial charge in [-0.3, -0.25) is 4.79 Å². The number of nitriles is 1. The Bertz CT molecular complexity index is 1550. The third-order valence-corrected chi connectivity index (χ3v) is 10.1. The van der Waals surface area contributed by atoms with Crippen molar-refractivity contribution in [2.45, 2.75) is 90.1 Å². The van der Waals surface area contributed by atoms with E-state index in [1.165, 1.54) is 0 Å². The van der Waals surface area contributed by atoms with Crippen LogP contribution in [0.15, 0.2) is 42.6 Å². The highest BCUT2D eigenvalue weighted by molar-refractivity contribution is 6.76. The number of halogens is 1. The van der Waals surface area contributed by atoms with Crippen molar-refractivity contribution in [2.24, 2.45) is 5.41 Å². The summed E-state index contributed by atoms with van der Waals surface area (Å²) >= 11 is 0. The topological polar surface area (TPSA) is 102 Å². The van der Waals surface area contributed by atoms with Crippen molar-refractivity contribution in [3.63, 3.8) is 0 Å². The predicted octanol–water partition coefficient (Wildman–Crippen LogP) is 7.15. The summed E-state index contributed by atoms with van der Waals surface area (Å²) in [5.41, 5.74) is 2.64. The number of aromatic nitrogens is 3. The number of carbonyl (C=O) groups is 1. The number of ether oxygens (including phenoxy) is 2. The van der Waals surface area contributed by atoms with E-state index in [0.29, 0.717) is 24.4 Å². The van der Waals surface area contributed by atoms with Gasteiger partial charge in [0.25, 0.3) is 5.91 Å². The largest absolute Gasteiger partial charge is 0.361 e. The third kappa shape index (κ3) is 7.06. The van der Waals surface area contributed by atoms with Crippen molar-refractivity contribution in [3.05, 3.63) is 65.5 Å². The SMILES string of the molecule is CC1(C)CC=C(c2nc(C3=CC4(CF)C=CC(C)(C3)O4)ccc2NC(=O)c2nc(C#N)cn2COCC[Si](C)(C)C)CC1. The van der Waals surface area contributed by atoms with Gasteiger partial charge in [-0.2, -0.15) is 5.26 Å². The molecule has 0 saturated heterocycles. The maximum Gasteiger partial charge on any atom is 0.291 e. The number of nitrogens with zero attached hydrogens (tertiary/aromatic N) is 4. The van der Waals surface area contributed by atoms with Gasteiger partial charge in [-0.15, -0.1) is 0 Å². The average Bonchev–Trinajstić information content (AvgIpc) is 3.48. The fourth-order valence-electron chi connectivity index (χ4n) is 5.74. The lowest BCUT2D eigenvalue weighted by Crippen LogP contribution is -2.39. The zero-order valence-corrected chi connectivity index (χ0v) is 27.1. The molecule has 0 radical (unpaired) electrons. The van der Waals surface area contributed by atoms with Gasteiger partial charge < -0.3 is 19.4 Å². The summed E-state index contributed by atoms with van der Waals surface area (Å²) in [6.07, 6.45) is 12.6. The highest BCUT2D eigenvalue weighted by atomic mass is 28.3. The monoisotopic (exact) mass is 603 g/mol. The van der Waals surface area contributed by atoms with Crippen LogP contribution in [-0.4, -0.2) is 53.0 Å². The molecule has 2 aromatic heterocycles. The summed E-state index contributed by atoms with van der Waals surface area (Å²) in [6, 6.07) is 6.74. The van der Waals surface area contributed by atoms with Gasteiger partial charge in [-0.05, 0) is 73.1 Å². The second kappa shape index (κ2) is 11.6. The van der Waals surface area contributed by atoms with Crippen molar-refractivity contribution in [3.8, 4) is 6.07 Å². The Morgan fingerprint density at radius 1 is 1.21 bits per heavy atom. The van der Waals surface area contributed by atoms with Crippen LogP contribution in [0.2, 0.25) is 25.7 Å². The lowest BCUT2D eigenvalue weighted by Gasteiger charge is -2.36. The molecule has 2 unspecified atom stereocenters. The Kier molecular flexibility index (Phi) is 8.38. The number of hydrogen-bond donors (Lipinski definition) is 1. The second-order valence-electron chi connectivity index (χ2n) is 14.2. The number of rotatable bonds is 10. The van der Waals surface area contributed by atoms with E-state index in [0.717, 1.165) is 42.1 Å². The molecule has 2 aromatic rings. The van der Waals surface area contributed by atoms with Crippen LogP contribution in [0.5, 0.6) is 0 Å². The predicted molar refractivity (Wildman–Crippen MR) is 169 cm³/mol. The summed E-state index contributed by atoms with van der Waals surface area (Å²) in [5, 5.41) is 12.5. The molecule has 4 heterocycles. The molecular weight excluding hydrogens is 561 g/mol. The van der Waals surface area contributed by atoms with E-state index < -0.39 is 31.9 Å². The van der Waals surface area contributed by atoms with E-state index in [1.807, 2.05) is 37.3 Å². The Hall–Kier alpha value is -3.39. The quantitative estimate of drug-likeness (QED) is 0.176. The van der Waals surface area contributed by atoms with Gasteiger partial charge in [0.15, 0.2) is 5.69 Å². The molecule has 0 fully saturated rings. The van der Waals surface area contributed by atoms with Crippen LogP contribution in [-0.2, 0) is 16.2 Å². The number of amides is 1. The number of nitrogens with one attached hydrogen (secondary N) is 1. The summed E-state index contributed by atoms with van der Waals surface area (Å²) in [4.78, 5) is 23.0. The molecule has 8 nitrogen and oxygen atoms in total. The molecule has 5 rings (SSSR count). The third-order valence-electron chi connectivity index (χ3n) is 8.38. The highest BCUT2D eigenvalue weighted by Gasteiger charge is 2.45. The Morgan fingerprint density at radius 2 is 2.00 bits per heavy atom. The first-order chi connectivity index (χ1) is 20.2. The van der Waals surface area contributed by atoms with Crippen molar-refractivity contribution >= 4 is 30.8 Å². The Morgan fingerprint density at radius 3 is 2.67 bits per heavy atom. The molecule has 2 aliphatic heterocycles. The number of anilines is 1. The average molecular weight is 604 g/mol. The molecular formula is C33H42FN5O3Si. The van der Waals surface area contributed by atoms with Crippen molar-refractivity contribution in [2.75, 3.05) is 18.6 Å². The molecule has 1 N–H and O–H groups in total. The number of imidazole rings is 1. The maximum absolute atomic E-state index is 14.1. The van der Waals surface area contributed by atoms with Gasteiger partial charge in [-0.25, -0.2) is 14.4 Å². The molecule has 0 spiro atoms. The lowest BCUT2D eigenvalue weighted by atomic mass is 9.77. The number of allylic oxidation sites excluding steroid dienone is 2. The van der Waals surface area contributed by atoms with Crippen molar-refractivity contribution < 1.29 is 18.7 Å². The van der Waals surface area contributed by atoms with Crippen LogP contribution in [0.4, 0.5) is 10.1 Å². The van der Waals surface area contributed by atoms with Crippen LogP contribution in [0.3, 0.4) is 0 Å². The minimum absolute atomic E-state index is 0.103. The molecule has 2 atom stereocenters. The lowest BCUT2D eigenvalue weighted by molar-refractivity contribution is -0.0668. The smallest absolute Gasteiger partial charge is 0.291 e. The first-order valence-electron chi connectivity index (χ1n) is 15.0. The van der Waals surface area contributed by atoms with Crippen LogP contribution < -0.4 is 5.32 Å². The Balaban J connectivity index is 1.45. The molecule has 10 heteroatoms. The molecule has 0 saturated carbocycles. The van der Waals surface area contributed by atoms with E-state index in [1.54, 1.807) is 16.8 Å². The van der Waals surface area contributed by atoms with E-state index in [-0.39, 0.29) is 23.7 Å². The molecule has 43 heavy (non-hydrogen) atoms. The first kappa shape index (κ1) is 31.0. The number of alkyl halides is 1. The minimum Gasteiger partial charge on any atom is -0.361 e. The number of hydrogen-bond acceptors (Lipinski definition) is 6. The zero-order valence-electron chi connectivity index (χ0n) is 26.1. The van der Waals surface area contributed by atoms with Gasteiger partial charge in [0, 0.05) is 27.3 Å². The fraction of sp³-hybridized carbons (Fsp3) is 0.515. The van der Waals surface area contributed by atoms with Gasteiger partial charge in [0.2, 0.25) is 5.82 Å². The van der Waals surface area contributed by atoms with Crippen LogP contribution >= 0.6 is 0 Å². The minimum atomic E-state index is -1.27.